The number of nitrogens with one attached hydrogen (secondary N) is 1. The third-order valence-electron chi connectivity index (χ3n) is 2.74. The van der Waals surface area contributed by atoms with Crippen molar-refractivity contribution in [2.45, 2.75) is 32.9 Å². The molecule has 0 aromatic heterocycles. The van der Waals surface area contributed by atoms with Gasteiger partial charge in [-0.05, 0) is 24.6 Å². The van der Waals surface area contributed by atoms with Crippen LogP contribution in [0.5, 0.6) is 11.5 Å². The van der Waals surface area contributed by atoms with E-state index in [0.717, 1.165) is 5.56 Å². The number of ether oxygens (including phenoxy) is 2. The molecule has 0 aliphatic heterocycles. The number of rotatable bonds is 8. The van der Waals surface area contributed by atoms with Gasteiger partial charge in [-0.25, -0.2) is 0 Å². The molecule has 112 valence electrons. The van der Waals surface area contributed by atoms with Crippen molar-refractivity contribution < 1.29 is 14.6 Å². The second-order valence-electron chi connectivity index (χ2n) is 4.94. The SMILES string of the molecule is C/C=C\c1ccc(OCC(O)CNC(C)C)c(OC)c1. The van der Waals surface area contributed by atoms with Crippen LogP contribution in [0.15, 0.2) is 24.3 Å². The van der Waals surface area contributed by atoms with Crippen molar-refractivity contribution in [2.75, 3.05) is 20.3 Å². The lowest BCUT2D eigenvalue weighted by molar-refractivity contribution is 0.103. The predicted octanol–water partition coefficient (Wildman–Crippen LogP) is 2.47. The van der Waals surface area contributed by atoms with Crippen LogP contribution in [0.1, 0.15) is 26.3 Å². The number of allylic oxidation sites excluding steroid dienone is 1. The first-order chi connectivity index (χ1) is 9.56. The first-order valence-electron chi connectivity index (χ1n) is 6.91. The Hall–Kier alpha value is -1.52. The van der Waals surface area contributed by atoms with Gasteiger partial charge in [-0.2, -0.15) is 0 Å². The van der Waals surface area contributed by atoms with Gasteiger partial charge in [0.25, 0.3) is 0 Å². The fourth-order valence-electron chi connectivity index (χ4n) is 1.72. The first-order valence-corrected chi connectivity index (χ1v) is 6.91. The zero-order valence-corrected chi connectivity index (χ0v) is 12.7. The lowest BCUT2D eigenvalue weighted by atomic mass is 10.2. The maximum Gasteiger partial charge on any atom is 0.161 e. The zero-order chi connectivity index (χ0) is 15.0. The Morgan fingerprint density at radius 2 is 2.05 bits per heavy atom. The van der Waals surface area contributed by atoms with Gasteiger partial charge in [-0.3, -0.25) is 0 Å². The van der Waals surface area contributed by atoms with Crippen LogP contribution in [-0.4, -0.2) is 37.5 Å². The summed E-state index contributed by atoms with van der Waals surface area (Å²) in [6, 6.07) is 6.07. The summed E-state index contributed by atoms with van der Waals surface area (Å²) in [5, 5.41) is 13.0. The molecule has 0 amide bonds. The van der Waals surface area contributed by atoms with Crippen molar-refractivity contribution >= 4 is 6.08 Å². The van der Waals surface area contributed by atoms with Gasteiger partial charge in [0, 0.05) is 12.6 Å². The molecule has 0 aliphatic carbocycles. The Morgan fingerprint density at radius 3 is 2.65 bits per heavy atom. The highest BCUT2D eigenvalue weighted by Gasteiger charge is 2.09. The second-order valence-corrected chi connectivity index (χ2v) is 4.94. The van der Waals surface area contributed by atoms with E-state index in [0.29, 0.717) is 24.1 Å². The molecule has 0 radical (unpaired) electrons. The van der Waals surface area contributed by atoms with Gasteiger partial charge in [0.2, 0.25) is 0 Å². The molecule has 0 bridgehead atoms. The summed E-state index contributed by atoms with van der Waals surface area (Å²) in [4.78, 5) is 0. The van der Waals surface area contributed by atoms with E-state index in [2.05, 4.69) is 5.32 Å². The molecule has 1 rings (SSSR count). The van der Waals surface area contributed by atoms with Crippen molar-refractivity contribution in [3.63, 3.8) is 0 Å². The highest BCUT2D eigenvalue weighted by atomic mass is 16.5. The molecule has 0 spiro atoms. The van der Waals surface area contributed by atoms with Gasteiger partial charge in [-0.15, -0.1) is 0 Å². The number of aliphatic hydroxyl groups excluding tert-OH is 1. The fraction of sp³-hybridized carbons (Fsp3) is 0.500. The zero-order valence-electron chi connectivity index (χ0n) is 12.7. The third-order valence-corrected chi connectivity index (χ3v) is 2.74. The predicted molar refractivity (Wildman–Crippen MR) is 82.3 cm³/mol. The number of hydrogen-bond acceptors (Lipinski definition) is 4. The molecule has 2 N–H and O–H groups in total. The Balaban J connectivity index is 2.58. The maximum atomic E-state index is 9.82. The van der Waals surface area contributed by atoms with E-state index < -0.39 is 6.10 Å². The van der Waals surface area contributed by atoms with Crippen molar-refractivity contribution in [1.82, 2.24) is 5.32 Å². The number of hydrogen-bond donors (Lipinski definition) is 2. The van der Waals surface area contributed by atoms with Crippen LogP contribution in [-0.2, 0) is 0 Å². The molecule has 4 heteroatoms. The van der Waals surface area contributed by atoms with Crippen LogP contribution in [0, 0.1) is 0 Å². The minimum atomic E-state index is -0.544. The average molecular weight is 279 g/mol. The van der Waals surface area contributed by atoms with E-state index in [-0.39, 0.29) is 6.61 Å². The van der Waals surface area contributed by atoms with Gasteiger partial charge >= 0.3 is 0 Å². The second kappa shape index (κ2) is 8.61. The third kappa shape index (κ3) is 5.63. The van der Waals surface area contributed by atoms with Gasteiger partial charge in [0.15, 0.2) is 11.5 Å². The van der Waals surface area contributed by atoms with Crippen molar-refractivity contribution in [3.8, 4) is 11.5 Å². The summed E-state index contributed by atoms with van der Waals surface area (Å²) in [6.07, 6.45) is 3.42. The summed E-state index contributed by atoms with van der Waals surface area (Å²) >= 11 is 0. The van der Waals surface area contributed by atoms with E-state index in [1.165, 1.54) is 0 Å². The van der Waals surface area contributed by atoms with E-state index in [4.69, 9.17) is 9.47 Å². The largest absolute Gasteiger partial charge is 0.493 e. The number of aliphatic hydroxyl groups is 1. The molecule has 1 aromatic rings. The molecular formula is C16H25NO3. The summed E-state index contributed by atoms with van der Waals surface area (Å²) in [7, 11) is 1.61. The maximum absolute atomic E-state index is 9.82. The fourth-order valence-corrected chi connectivity index (χ4v) is 1.72. The highest BCUT2D eigenvalue weighted by molar-refractivity contribution is 5.55. The molecule has 0 aliphatic rings. The Bertz CT molecular complexity index is 430. The minimum absolute atomic E-state index is 0.235. The number of benzene rings is 1. The van der Waals surface area contributed by atoms with Crippen LogP contribution in [0.25, 0.3) is 6.08 Å². The standard InChI is InChI=1S/C16H25NO3/c1-5-6-13-7-8-15(16(9-13)19-4)20-11-14(18)10-17-12(2)3/h5-9,12,14,17-18H,10-11H2,1-4H3/b6-5-. The Kier molecular flexibility index (Phi) is 7.12. The van der Waals surface area contributed by atoms with E-state index in [9.17, 15) is 5.11 Å². The van der Waals surface area contributed by atoms with E-state index in [1.54, 1.807) is 7.11 Å². The van der Waals surface area contributed by atoms with Crippen molar-refractivity contribution in [3.05, 3.63) is 29.8 Å². The van der Waals surface area contributed by atoms with Gasteiger partial charge in [-0.1, -0.05) is 32.1 Å². The molecule has 1 aromatic carbocycles. The summed E-state index contributed by atoms with van der Waals surface area (Å²) in [5.74, 6) is 1.31. The van der Waals surface area contributed by atoms with Gasteiger partial charge in [0.1, 0.15) is 12.7 Å². The topological polar surface area (TPSA) is 50.7 Å². The normalized spacial score (nSPS) is 12.9. The first kappa shape index (κ1) is 16.5. The molecule has 0 fully saturated rings. The van der Waals surface area contributed by atoms with Crippen LogP contribution in [0.4, 0.5) is 0 Å². The van der Waals surface area contributed by atoms with Gasteiger partial charge in [0.05, 0.1) is 7.11 Å². The average Bonchev–Trinajstić information content (AvgIpc) is 2.43. The molecule has 1 unspecified atom stereocenters. The van der Waals surface area contributed by atoms with Crippen LogP contribution >= 0.6 is 0 Å². The van der Waals surface area contributed by atoms with Crippen molar-refractivity contribution in [2.24, 2.45) is 0 Å². The molecule has 1 atom stereocenters. The van der Waals surface area contributed by atoms with Crippen molar-refractivity contribution in [1.29, 1.82) is 0 Å². The smallest absolute Gasteiger partial charge is 0.161 e. The summed E-state index contributed by atoms with van der Waals surface area (Å²) in [5.41, 5.74) is 1.05. The molecule has 20 heavy (non-hydrogen) atoms. The lowest BCUT2D eigenvalue weighted by Gasteiger charge is -2.16. The quantitative estimate of drug-likeness (QED) is 0.767. The van der Waals surface area contributed by atoms with E-state index in [1.807, 2.05) is 51.1 Å². The summed E-state index contributed by atoms with van der Waals surface area (Å²) < 4.78 is 10.9. The Labute approximate surface area is 121 Å². The molecule has 0 saturated heterocycles. The summed E-state index contributed by atoms with van der Waals surface area (Å²) in [6.45, 7) is 6.79. The molecule has 0 heterocycles. The van der Waals surface area contributed by atoms with E-state index >= 15 is 0 Å². The number of methoxy groups -OCH3 is 1. The monoisotopic (exact) mass is 279 g/mol. The minimum Gasteiger partial charge on any atom is -0.493 e. The van der Waals surface area contributed by atoms with Crippen LogP contribution in [0.3, 0.4) is 0 Å². The van der Waals surface area contributed by atoms with Gasteiger partial charge < -0.3 is 19.9 Å². The van der Waals surface area contributed by atoms with Crippen LogP contribution in [0.2, 0.25) is 0 Å². The van der Waals surface area contributed by atoms with Crippen LogP contribution < -0.4 is 14.8 Å². The lowest BCUT2D eigenvalue weighted by Crippen LogP contribution is -2.35. The highest BCUT2D eigenvalue weighted by Crippen LogP contribution is 2.28. The molecular weight excluding hydrogens is 254 g/mol. The molecule has 4 nitrogen and oxygen atoms in total. The molecule has 0 saturated carbocycles. The Morgan fingerprint density at radius 1 is 1.30 bits per heavy atom.